The van der Waals surface area contributed by atoms with Gasteiger partial charge in [-0.15, -0.1) is 0 Å². The molecule has 54 valence electrons. The molecule has 0 saturated heterocycles. The molecule has 0 aromatic rings. The summed E-state index contributed by atoms with van der Waals surface area (Å²) in [6.07, 6.45) is 2.80. The Morgan fingerprint density at radius 1 is 1.56 bits per heavy atom. The van der Waals surface area contributed by atoms with Crippen molar-refractivity contribution < 1.29 is 10.2 Å². The van der Waals surface area contributed by atoms with Gasteiger partial charge in [-0.3, -0.25) is 0 Å². The fraction of sp³-hybridized carbons (Fsp3) is 1.00. The molecule has 1 aliphatic carbocycles. The van der Waals surface area contributed by atoms with E-state index in [0.717, 1.165) is 19.3 Å². The van der Waals surface area contributed by atoms with Gasteiger partial charge >= 0.3 is 0 Å². The van der Waals surface area contributed by atoms with Crippen LogP contribution < -0.4 is 0 Å². The number of aliphatic hydroxyl groups is 2. The predicted molar refractivity (Wildman–Crippen MR) is 35.1 cm³/mol. The third-order valence-electron chi connectivity index (χ3n) is 2.55. The van der Waals surface area contributed by atoms with E-state index in [1.807, 2.05) is 0 Å². The van der Waals surface area contributed by atoms with E-state index < -0.39 is 0 Å². The Bertz CT molecular complexity index is 89.6. The highest BCUT2D eigenvalue weighted by atomic mass is 16.3. The molecule has 0 aromatic heterocycles. The molecule has 1 aliphatic rings. The maximum Gasteiger partial charge on any atom is 0.0590 e. The van der Waals surface area contributed by atoms with Crippen LogP contribution in [0.1, 0.15) is 26.2 Å². The van der Waals surface area contributed by atoms with E-state index in [1.165, 1.54) is 0 Å². The van der Waals surface area contributed by atoms with Crippen molar-refractivity contribution in [3.05, 3.63) is 0 Å². The minimum absolute atomic E-state index is 0.125. The minimum atomic E-state index is -0.337. The van der Waals surface area contributed by atoms with Crippen LogP contribution in [0.5, 0.6) is 0 Å². The summed E-state index contributed by atoms with van der Waals surface area (Å²) in [5, 5.41) is 18.0. The second-order valence-electron chi connectivity index (χ2n) is 3.05. The quantitative estimate of drug-likeness (QED) is 0.572. The smallest absolute Gasteiger partial charge is 0.0590 e. The second-order valence-corrected chi connectivity index (χ2v) is 3.05. The van der Waals surface area contributed by atoms with Gasteiger partial charge in [-0.2, -0.15) is 0 Å². The van der Waals surface area contributed by atoms with Crippen molar-refractivity contribution in [1.82, 2.24) is 0 Å². The van der Waals surface area contributed by atoms with Crippen molar-refractivity contribution in [3.8, 4) is 0 Å². The van der Waals surface area contributed by atoms with Gasteiger partial charge < -0.3 is 10.2 Å². The van der Waals surface area contributed by atoms with Gasteiger partial charge in [0.1, 0.15) is 0 Å². The molecule has 1 fully saturated rings. The Balaban J connectivity index is 2.46. The number of aliphatic hydroxyl groups excluding tert-OH is 2. The van der Waals surface area contributed by atoms with Gasteiger partial charge in [0.15, 0.2) is 0 Å². The van der Waals surface area contributed by atoms with E-state index in [2.05, 4.69) is 0 Å². The lowest BCUT2D eigenvalue weighted by Crippen LogP contribution is -2.42. The fourth-order valence-corrected chi connectivity index (χ4v) is 1.34. The second kappa shape index (κ2) is 2.27. The lowest BCUT2D eigenvalue weighted by atomic mass is 9.66. The van der Waals surface area contributed by atoms with Crippen LogP contribution in [0.15, 0.2) is 0 Å². The van der Waals surface area contributed by atoms with Crippen LogP contribution in [0.25, 0.3) is 0 Å². The molecule has 0 heterocycles. The molecule has 2 N–H and O–H groups in total. The van der Waals surface area contributed by atoms with Crippen molar-refractivity contribution in [2.75, 3.05) is 6.61 Å². The van der Waals surface area contributed by atoms with Gasteiger partial charge in [0.2, 0.25) is 0 Å². The summed E-state index contributed by atoms with van der Waals surface area (Å²) < 4.78 is 0. The highest BCUT2D eigenvalue weighted by Crippen LogP contribution is 2.43. The molecule has 1 atom stereocenters. The topological polar surface area (TPSA) is 40.5 Å². The predicted octanol–water partition coefficient (Wildman–Crippen LogP) is 0.530. The van der Waals surface area contributed by atoms with Gasteiger partial charge in [0.25, 0.3) is 0 Å². The Morgan fingerprint density at radius 2 is 2.11 bits per heavy atom. The maximum absolute atomic E-state index is 9.16. The zero-order valence-corrected chi connectivity index (χ0v) is 5.80. The SMILES string of the molecule is CC(O)C1(CO)CCC1. The Morgan fingerprint density at radius 3 is 2.11 bits per heavy atom. The molecular weight excluding hydrogens is 116 g/mol. The van der Waals surface area contributed by atoms with Crippen LogP contribution >= 0.6 is 0 Å². The van der Waals surface area contributed by atoms with Gasteiger partial charge in [0.05, 0.1) is 12.7 Å². The highest BCUT2D eigenvalue weighted by Gasteiger charge is 2.40. The zero-order chi connectivity index (χ0) is 6.91. The van der Waals surface area contributed by atoms with Crippen LogP contribution in [0, 0.1) is 5.41 Å². The monoisotopic (exact) mass is 130 g/mol. The summed E-state index contributed by atoms with van der Waals surface area (Å²) in [5.41, 5.74) is -0.125. The Kier molecular flexibility index (Phi) is 1.78. The molecule has 2 nitrogen and oxygen atoms in total. The number of hydrogen-bond donors (Lipinski definition) is 2. The zero-order valence-electron chi connectivity index (χ0n) is 5.80. The lowest BCUT2D eigenvalue weighted by molar-refractivity contribution is -0.0615. The van der Waals surface area contributed by atoms with Crippen molar-refractivity contribution in [2.45, 2.75) is 32.3 Å². The summed E-state index contributed by atoms with van der Waals surface area (Å²) in [6, 6.07) is 0. The first-order chi connectivity index (χ1) is 4.21. The van der Waals surface area contributed by atoms with Crippen molar-refractivity contribution in [2.24, 2.45) is 5.41 Å². The van der Waals surface area contributed by atoms with Crippen LogP contribution in [0.2, 0.25) is 0 Å². The minimum Gasteiger partial charge on any atom is -0.396 e. The van der Waals surface area contributed by atoms with E-state index in [9.17, 15) is 0 Å². The summed E-state index contributed by atoms with van der Waals surface area (Å²) in [4.78, 5) is 0. The van der Waals surface area contributed by atoms with Crippen molar-refractivity contribution >= 4 is 0 Å². The van der Waals surface area contributed by atoms with Crippen molar-refractivity contribution in [1.29, 1.82) is 0 Å². The van der Waals surface area contributed by atoms with Crippen molar-refractivity contribution in [3.63, 3.8) is 0 Å². The fourth-order valence-electron chi connectivity index (χ4n) is 1.34. The third kappa shape index (κ3) is 0.970. The van der Waals surface area contributed by atoms with Gasteiger partial charge in [0, 0.05) is 5.41 Å². The van der Waals surface area contributed by atoms with Crippen LogP contribution in [0.3, 0.4) is 0 Å². The van der Waals surface area contributed by atoms with E-state index in [1.54, 1.807) is 6.92 Å². The molecule has 0 aliphatic heterocycles. The molecule has 1 unspecified atom stereocenters. The van der Waals surface area contributed by atoms with Crippen LogP contribution in [-0.2, 0) is 0 Å². The first-order valence-electron chi connectivity index (χ1n) is 3.50. The number of hydrogen-bond acceptors (Lipinski definition) is 2. The maximum atomic E-state index is 9.16. The average molecular weight is 130 g/mol. The molecule has 0 amide bonds. The summed E-state index contributed by atoms with van der Waals surface area (Å²) >= 11 is 0. The molecule has 1 rings (SSSR count). The van der Waals surface area contributed by atoms with E-state index in [0.29, 0.717) is 0 Å². The van der Waals surface area contributed by atoms with Gasteiger partial charge in [-0.25, -0.2) is 0 Å². The van der Waals surface area contributed by atoms with Crippen LogP contribution in [0.4, 0.5) is 0 Å². The standard InChI is InChI=1S/C7H14O2/c1-6(9)7(5-8)3-2-4-7/h6,8-9H,2-5H2,1H3. The summed E-state index contributed by atoms with van der Waals surface area (Å²) in [5.74, 6) is 0. The molecule has 0 aromatic carbocycles. The van der Waals surface area contributed by atoms with Gasteiger partial charge in [-0.1, -0.05) is 6.42 Å². The third-order valence-corrected chi connectivity index (χ3v) is 2.55. The molecule has 9 heavy (non-hydrogen) atoms. The van der Waals surface area contributed by atoms with E-state index in [4.69, 9.17) is 10.2 Å². The highest BCUT2D eigenvalue weighted by molar-refractivity contribution is 4.90. The molecule has 2 heteroatoms. The van der Waals surface area contributed by atoms with E-state index in [-0.39, 0.29) is 18.1 Å². The largest absolute Gasteiger partial charge is 0.396 e. The molecule has 0 bridgehead atoms. The summed E-state index contributed by atoms with van der Waals surface area (Å²) in [7, 11) is 0. The average Bonchev–Trinajstić information content (AvgIpc) is 1.62. The molecule has 0 radical (unpaired) electrons. The Hall–Kier alpha value is -0.0800. The first kappa shape index (κ1) is 7.03. The lowest BCUT2D eigenvalue weighted by Gasteiger charge is -2.42. The first-order valence-corrected chi connectivity index (χ1v) is 3.50. The van der Waals surface area contributed by atoms with Gasteiger partial charge in [-0.05, 0) is 19.8 Å². The molecule has 1 saturated carbocycles. The Labute approximate surface area is 55.5 Å². The number of rotatable bonds is 2. The molecule has 0 spiro atoms. The summed E-state index contributed by atoms with van der Waals surface area (Å²) in [6.45, 7) is 1.90. The molecular formula is C7H14O2. The normalized spacial score (nSPS) is 27.0. The van der Waals surface area contributed by atoms with E-state index >= 15 is 0 Å². The van der Waals surface area contributed by atoms with Crippen LogP contribution in [-0.4, -0.2) is 22.9 Å².